The largest absolute Gasteiger partial charge is 0.488 e. The molecule has 2 aromatic heterocycles. The van der Waals surface area contributed by atoms with Gasteiger partial charge in [0, 0.05) is 18.7 Å². The number of nitrogens with one attached hydrogen (secondary N) is 2. The minimum Gasteiger partial charge on any atom is -0.488 e. The van der Waals surface area contributed by atoms with E-state index in [1.54, 1.807) is 12.1 Å². The summed E-state index contributed by atoms with van der Waals surface area (Å²) in [7, 11) is 1.86. The van der Waals surface area contributed by atoms with Crippen LogP contribution < -0.4 is 10.1 Å². The third-order valence-electron chi connectivity index (χ3n) is 6.20. The summed E-state index contributed by atoms with van der Waals surface area (Å²) in [6, 6.07) is 11.2. The summed E-state index contributed by atoms with van der Waals surface area (Å²) in [5.41, 5.74) is 2.93. The lowest BCUT2D eigenvalue weighted by Crippen LogP contribution is -2.35. The van der Waals surface area contributed by atoms with Gasteiger partial charge >= 0.3 is 0 Å². The molecule has 1 aliphatic rings. The molecule has 0 atom stereocenters. The molecule has 0 aliphatic heterocycles. The van der Waals surface area contributed by atoms with Crippen molar-refractivity contribution in [3.05, 3.63) is 53.3 Å². The maximum Gasteiger partial charge on any atom is 0.274 e. The van der Waals surface area contributed by atoms with E-state index in [4.69, 9.17) is 9.72 Å². The first-order valence-corrected chi connectivity index (χ1v) is 11.7. The van der Waals surface area contributed by atoms with Crippen molar-refractivity contribution in [3.63, 3.8) is 0 Å². The summed E-state index contributed by atoms with van der Waals surface area (Å²) in [6.45, 7) is 5.85. The molecule has 4 rings (SSSR count). The molecule has 0 unspecified atom stereocenters. The number of amides is 2. The van der Waals surface area contributed by atoms with Gasteiger partial charge in [-0.05, 0) is 51.3 Å². The number of carbonyl (C=O) groups excluding carboxylic acids is 2. The summed E-state index contributed by atoms with van der Waals surface area (Å²) in [6.07, 6.45) is 4.85. The van der Waals surface area contributed by atoms with E-state index in [1.165, 1.54) is 0 Å². The van der Waals surface area contributed by atoms with Crippen LogP contribution >= 0.6 is 0 Å². The van der Waals surface area contributed by atoms with Crippen molar-refractivity contribution in [3.8, 4) is 5.75 Å². The van der Waals surface area contributed by atoms with Gasteiger partial charge in [0.1, 0.15) is 11.3 Å². The summed E-state index contributed by atoms with van der Waals surface area (Å²) < 4.78 is 6.12. The fraction of sp³-hybridized carbons (Fsp3) is 0.423. The molecule has 7 heteroatoms. The Balaban J connectivity index is 1.75. The number of aromatic nitrogens is 2. The average Bonchev–Trinajstić information content (AvgIpc) is 3.46. The number of anilines is 1. The van der Waals surface area contributed by atoms with Crippen molar-refractivity contribution in [2.75, 3.05) is 12.4 Å². The number of fused-ring (bicyclic) bond motifs is 1. The van der Waals surface area contributed by atoms with E-state index >= 15 is 0 Å². The maximum atomic E-state index is 13.4. The Morgan fingerprint density at radius 3 is 2.55 bits per heavy atom. The number of nitrogens with zero attached hydrogens (tertiary/aromatic N) is 2. The molecule has 0 spiro atoms. The van der Waals surface area contributed by atoms with Gasteiger partial charge in [-0.15, -0.1) is 0 Å². The number of benzene rings is 1. The highest BCUT2D eigenvalue weighted by atomic mass is 16.5. The molecule has 174 valence electrons. The highest BCUT2D eigenvalue weighted by Gasteiger charge is 2.29. The number of rotatable bonds is 7. The number of aryl methyl sites for hydroxylation is 1. The molecule has 0 radical (unpaired) electrons. The predicted molar refractivity (Wildman–Crippen MR) is 130 cm³/mol. The number of hydrogen-bond donors (Lipinski definition) is 2. The van der Waals surface area contributed by atoms with E-state index < -0.39 is 0 Å². The molecule has 2 N–H and O–H groups in total. The molecular formula is C26H32N4O3. The SMILES string of the molecule is CCc1nc2[nH]c(C(=O)N(C)C3CCCC3)c(OC(C)C)c2cc1NC(=O)c1ccccc1. The van der Waals surface area contributed by atoms with Crippen LogP contribution in [0.1, 0.15) is 73.0 Å². The minimum absolute atomic E-state index is 0.0940. The smallest absolute Gasteiger partial charge is 0.274 e. The predicted octanol–water partition coefficient (Wildman–Crippen LogP) is 5.18. The number of aromatic amines is 1. The summed E-state index contributed by atoms with van der Waals surface area (Å²) >= 11 is 0. The third-order valence-corrected chi connectivity index (χ3v) is 6.20. The van der Waals surface area contributed by atoms with Crippen LogP contribution in [0.4, 0.5) is 5.69 Å². The number of pyridine rings is 1. The second kappa shape index (κ2) is 9.65. The van der Waals surface area contributed by atoms with Gasteiger partial charge in [-0.3, -0.25) is 9.59 Å². The zero-order valence-corrected chi connectivity index (χ0v) is 19.8. The normalized spacial score (nSPS) is 14.1. The highest BCUT2D eigenvalue weighted by molar-refractivity contribution is 6.07. The van der Waals surface area contributed by atoms with E-state index in [-0.39, 0.29) is 24.0 Å². The molecular weight excluding hydrogens is 416 g/mol. The first kappa shape index (κ1) is 22.8. The standard InChI is InChI=1S/C26H32N4O3/c1-5-20-21(28-25(31)17-11-7-6-8-12-17)15-19-23(33-16(2)3)22(29-24(19)27-20)26(32)30(4)18-13-9-10-14-18/h6-8,11-12,15-16,18H,5,9-10,13-14H2,1-4H3,(H,27,29)(H,28,31). The van der Waals surface area contributed by atoms with Crippen molar-refractivity contribution in [2.24, 2.45) is 0 Å². The van der Waals surface area contributed by atoms with Crippen molar-refractivity contribution < 1.29 is 14.3 Å². The summed E-state index contributed by atoms with van der Waals surface area (Å²) in [5.74, 6) is 0.189. The monoisotopic (exact) mass is 448 g/mol. The van der Waals surface area contributed by atoms with Gasteiger partial charge < -0.3 is 19.9 Å². The lowest BCUT2D eigenvalue weighted by Gasteiger charge is -2.24. The first-order chi connectivity index (χ1) is 15.9. The fourth-order valence-electron chi connectivity index (χ4n) is 4.43. The van der Waals surface area contributed by atoms with Crippen LogP contribution in [0.25, 0.3) is 11.0 Å². The molecule has 0 bridgehead atoms. The Morgan fingerprint density at radius 2 is 1.91 bits per heavy atom. The number of carbonyl (C=O) groups is 2. The maximum absolute atomic E-state index is 13.4. The zero-order valence-electron chi connectivity index (χ0n) is 19.8. The van der Waals surface area contributed by atoms with E-state index in [0.29, 0.717) is 40.1 Å². The molecule has 1 saturated carbocycles. The van der Waals surface area contributed by atoms with Gasteiger partial charge in [-0.2, -0.15) is 0 Å². The van der Waals surface area contributed by atoms with E-state index in [0.717, 1.165) is 31.4 Å². The molecule has 3 aromatic rings. The fourth-order valence-corrected chi connectivity index (χ4v) is 4.43. The average molecular weight is 449 g/mol. The molecule has 1 fully saturated rings. The lowest BCUT2D eigenvalue weighted by molar-refractivity contribution is 0.0724. The molecule has 1 aromatic carbocycles. The Hall–Kier alpha value is -3.35. The van der Waals surface area contributed by atoms with Crippen molar-refractivity contribution >= 4 is 28.5 Å². The summed E-state index contributed by atoms with van der Waals surface area (Å²) in [4.78, 5) is 36.0. The topological polar surface area (TPSA) is 87.3 Å². The van der Waals surface area contributed by atoms with Crippen LogP contribution in [0.5, 0.6) is 5.75 Å². The van der Waals surface area contributed by atoms with Crippen molar-refractivity contribution in [2.45, 2.75) is 65.0 Å². The van der Waals surface area contributed by atoms with Crippen molar-refractivity contribution in [1.82, 2.24) is 14.9 Å². The van der Waals surface area contributed by atoms with Gasteiger partial charge in [-0.1, -0.05) is 38.0 Å². The van der Waals surface area contributed by atoms with Crippen LogP contribution in [0, 0.1) is 0 Å². The molecule has 2 heterocycles. The lowest BCUT2D eigenvalue weighted by atomic mass is 10.1. The van der Waals surface area contributed by atoms with Crippen LogP contribution in [0.3, 0.4) is 0 Å². The second-order valence-electron chi connectivity index (χ2n) is 8.90. The van der Waals surface area contributed by atoms with E-state index in [2.05, 4.69) is 10.3 Å². The number of H-pyrrole nitrogens is 1. The number of ether oxygens (including phenoxy) is 1. The molecule has 0 saturated heterocycles. The quantitative estimate of drug-likeness (QED) is 0.521. The van der Waals surface area contributed by atoms with Crippen molar-refractivity contribution in [1.29, 1.82) is 0 Å². The third kappa shape index (κ3) is 4.72. The Morgan fingerprint density at radius 1 is 1.21 bits per heavy atom. The van der Waals surface area contributed by atoms with Crippen LogP contribution in [0.15, 0.2) is 36.4 Å². The molecule has 2 amide bonds. The van der Waals surface area contributed by atoms with Gasteiger partial charge in [0.05, 0.1) is 22.9 Å². The Bertz CT molecular complexity index is 1150. The summed E-state index contributed by atoms with van der Waals surface area (Å²) in [5, 5.41) is 3.68. The number of hydrogen-bond acceptors (Lipinski definition) is 4. The first-order valence-electron chi connectivity index (χ1n) is 11.7. The van der Waals surface area contributed by atoms with Gasteiger partial charge in [0.2, 0.25) is 0 Å². The Labute approximate surface area is 194 Å². The minimum atomic E-state index is -0.203. The Kier molecular flexibility index (Phi) is 6.67. The van der Waals surface area contributed by atoms with E-state index in [1.807, 2.05) is 57.0 Å². The molecule has 1 aliphatic carbocycles. The van der Waals surface area contributed by atoms with Crippen LogP contribution in [-0.2, 0) is 6.42 Å². The molecule has 33 heavy (non-hydrogen) atoms. The second-order valence-corrected chi connectivity index (χ2v) is 8.90. The van der Waals surface area contributed by atoms with Gasteiger partial charge in [0.15, 0.2) is 5.75 Å². The van der Waals surface area contributed by atoms with Gasteiger partial charge in [-0.25, -0.2) is 4.98 Å². The van der Waals surface area contributed by atoms with Gasteiger partial charge in [0.25, 0.3) is 11.8 Å². The van der Waals surface area contributed by atoms with Crippen LogP contribution in [0.2, 0.25) is 0 Å². The zero-order chi connectivity index (χ0) is 23.5. The molecule has 7 nitrogen and oxygen atoms in total. The highest BCUT2D eigenvalue weighted by Crippen LogP contribution is 2.35. The van der Waals surface area contributed by atoms with Crippen LogP contribution in [-0.4, -0.2) is 45.9 Å². The van der Waals surface area contributed by atoms with E-state index in [9.17, 15) is 9.59 Å².